The zero-order valence-corrected chi connectivity index (χ0v) is 11.9. The van der Waals surface area contributed by atoms with Crippen molar-refractivity contribution in [3.8, 4) is 0 Å². The number of likely N-dealkylation sites (tertiary alicyclic amines) is 1. The minimum absolute atomic E-state index is 0.0450. The zero-order chi connectivity index (χ0) is 14.0. The summed E-state index contributed by atoms with van der Waals surface area (Å²) in [7, 11) is 0. The molecular weight excluding hydrogens is 238 g/mol. The summed E-state index contributed by atoms with van der Waals surface area (Å²) < 4.78 is 0. The number of ketones is 1. The van der Waals surface area contributed by atoms with E-state index in [0.717, 1.165) is 29.5 Å². The van der Waals surface area contributed by atoms with E-state index < -0.39 is 0 Å². The molecule has 1 fully saturated rings. The van der Waals surface area contributed by atoms with E-state index in [-0.39, 0.29) is 24.2 Å². The molecular formula is C16H21NO2. The normalized spacial score (nSPS) is 19.6. The number of hydrogen-bond donors (Lipinski definition) is 0. The van der Waals surface area contributed by atoms with Crippen molar-refractivity contribution in [2.75, 3.05) is 13.1 Å². The van der Waals surface area contributed by atoms with Gasteiger partial charge < -0.3 is 4.90 Å². The molecule has 1 aliphatic heterocycles. The molecule has 0 saturated carbocycles. The molecule has 1 aliphatic rings. The summed E-state index contributed by atoms with van der Waals surface area (Å²) >= 11 is 0. The Morgan fingerprint density at radius 3 is 2.84 bits per heavy atom. The van der Waals surface area contributed by atoms with Gasteiger partial charge in [0.15, 0.2) is 5.78 Å². The van der Waals surface area contributed by atoms with Crippen molar-refractivity contribution in [1.29, 1.82) is 0 Å². The fourth-order valence-corrected chi connectivity index (χ4v) is 2.59. The third kappa shape index (κ3) is 3.03. The second-order valence-electron chi connectivity index (χ2n) is 5.54. The fourth-order valence-electron chi connectivity index (χ4n) is 2.59. The molecule has 0 bridgehead atoms. The third-order valence-corrected chi connectivity index (χ3v) is 3.83. The molecule has 0 radical (unpaired) electrons. The summed E-state index contributed by atoms with van der Waals surface area (Å²) in [6.07, 6.45) is 1.93. The molecule has 3 heteroatoms. The Labute approximate surface area is 114 Å². The third-order valence-electron chi connectivity index (χ3n) is 3.83. The molecule has 1 saturated heterocycles. The Bertz CT molecular complexity index is 507. The van der Waals surface area contributed by atoms with Crippen LogP contribution in [-0.2, 0) is 4.79 Å². The van der Waals surface area contributed by atoms with Gasteiger partial charge in [0.2, 0.25) is 5.91 Å². The van der Waals surface area contributed by atoms with Gasteiger partial charge in [-0.2, -0.15) is 0 Å². The van der Waals surface area contributed by atoms with Gasteiger partial charge in [-0.25, -0.2) is 0 Å². The largest absolute Gasteiger partial charge is 0.335 e. The van der Waals surface area contributed by atoms with Gasteiger partial charge in [0.05, 0.1) is 6.54 Å². The maximum absolute atomic E-state index is 12.3. The Balaban J connectivity index is 2.12. The van der Waals surface area contributed by atoms with Crippen molar-refractivity contribution in [2.24, 2.45) is 5.92 Å². The molecule has 1 aromatic carbocycles. The number of piperidine rings is 1. The van der Waals surface area contributed by atoms with E-state index in [0.29, 0.717) is 6.54 Å². The molecule has 0 aliphatic carbocycles. The Morgan fingerprint density at radius 2 is 2.11 bits per heavy atom. The van der Waals surface area contributed by atoms with Crippen LogP contribution in [0.5, 0.6) is 0 Å². The second-order valence-corrected chi connectivity index (χ2v) is 5.54. The molecule has 3 nitrogen and oxygen atoms in total. The number of carbonyl (C=O) groups excluding carboxylic acids is 2. The molecule has 2 rings (SSSR count). The van der Waals surface area contributed by atoms with E-state index in [1.54, 1.807) is 4.90 Å². The minimum Gasteiger partial charge on any atom is -0.335 e. The van der Waals surface area contributed by atoms with E-state index in [4.69, 9.17) is 0 Å². The fraction of sp³-hybridized carbons (Fsp3) is 0.500. The monoisotopic (exact) mass is 259 g/mol. The lowest BCUT2D eigenvalue weighted by Gasteiger charge is -2.30. The van der Waals surface area contributed by atoms with E-state index in [9.17, 15) is 9.59 Å². The van der Waals surface area contributed by atoms with Gasteiger partial charge >= 0.3 is 0 Å². The van der Waals surface area contributed by atoms with E-state index in [2.05, 4.69) is 0 Å². The Kier molecular flexibility index (Phi) is 4.03. The van der Waals surface area contributed by atoms with Gasteiger partial charge in [0.25, 0.3) is 0 Å². The highest BCUT2D eigenvalue weighted by molar-refractivity contribution is 6.00. The lowest BCUT2D eigenvalue weighted by atomic mass is 9.97. The van der Waals surface area contributed by atoms with Crippen LogP contribution in [-0.4, -0.2) is 29.7 Å². The molecule has 0 N–H and O–H groups in total. The maximum Gasteiger partial charge on any atom is 0.225 e. The van der Waals surface area contributed by atoms with Gasteiger partial charge in [-0.3, -0.25) is 9.59 Å². The number of benzene rings is 1. The number of amides is 1. The van der Waals surface area contributed by atoms with Crippen LogP contribution >= 0.6 is 0 Å². The summed E-state index contributed by atoms with van der Waals surface area (Å²) in [5.74, 6) is 0.216. The SMILES string of the molecule is Cc1ccc(C)c(C(=O)CN2CCCC(C)C2=O)c1. The quantitative estimate of drug-likeness (QED) is 0.783. The highest BCUT2D eigenvalue weighted by Crippen LogP contribution is 2.18. The summed E-state index contributed by atoms with van der Waals surface area (Å²) in [5.41, 5.74) is 2.80. The smallest absolute Gasteiger partial charge is 0.225 e. The summed E-state index contributed by atoms with van der Waals surface area (Å²) in [4.78, 5) is 26.1. The molecule has 1 unspecified atom stereocenters. The lowest BCUT2D eigenvalue weighted by molar-refractivity contribution is -0.137. The van der Waals surface area contributed by atoms with Crippen LogP contribution in [0.25, 0.3) is 0 Å². The number of Topliss-reactive ketones (excluding diaryl/α,β-unsaturated/α-hetero) is 1. The Morgan fingerprint density at radius 1 is 1.37 bits per heavy atom. The molecule has 19 heavy (non-hydrogen) atoms. The van der Waals surface area contributed by atoms with Crippen molar-refractivity contribution in [3.63, 3.8) is 0 Å². The first kappa shape index (κ1) is 13.8. The van der Waals surface area contributed by atoms with Crippen LogP contribution in [0, 0.1) is 19.8 Å². The number of nitrogens with zero attached hydrogens (tertiary/aromatic N) is 1. The number of hydrogen-bond acceptors (Lipinski definition) is 2. The first-order valence-electron chi connectivity index (χ1n) is 6.88. The van der Waals surface area contributed by atoms with E-state index in [1.807, 2.05) is 39.0 Å². The first-order valence-corrected chi connectivity index (χ1v) is 6.88. The molecule has 1 atom stereocenters. The predicted octanol–water partition coefficient (Wildman–Crippen LogP) is 2.74. The highest BCUT2D eigenvalue weighted by Gasteiger charge is 2.27. The van der Waals surface area contributed by atoms with Crippen molar-refractivity contribution < 1.29 is 9.59 Å². The van der Waals surface area contributed by atoms with Crippen molar-refractivity contribution >= 4 is 11.7 Å². The van der Waals surface area contributed by atoms with Gasteiger partial charge in [-0.05, 0) is 38.3 Å². The molecule has 1 amide bonds. The standard InChI is InChI=1S/C16H21NO2/c1-11-6-7-12(2)14(9-11)15(18)10-17-8-4-5-13(3)16(17)19/h6-7,9,13H,4-5,8,10H2,1-3H3. The molecule has 0 spiro atoms. The summed E-state index contributed by atoms with van der Waals surface area (Å²) in [6, 6.07) is 5.87. The van der Waals surface area contributed by atoms with Crippen LogP contribution in [0.4, 0.5) is 0 Å². The van der Waals surface area contributed by atoms with Crippen LogP contribution in [0.15, 0.2) is 18.2 Å². The second kappa shape index (κ2) is 5.55. The van der Waals surface area contributed by atoms with Gasteiger partial charge in [0, 0.05) is 18.0 Å². The van der Waals surface area contributed by atoms with Crippen LogP contribution < -0.4 is 0 Å². The molecule has 1 aromatic rings. The van der Waals surface area contributed by atoms with Crippen molar-refractivity contribution in [3.05, 3.63) is 34.9 Å². The first-order chi connectivity index (χ1) is 8.99. The van der Waals surface area contributed by atoms with E-state index >= 15 is 0 Å². The topological polar surface area (TPSA) is 37.4 Å². The summed E-state index contributed by atoms with van der Waals surface area (Å²) in [6.45, 7) is 6.78. The average molecular weight is 259 g/mol. The number of aryl methyl sites for hydroxylation is 2. The molecule has 102 valence electrons. The van der Waals surface area contributed by atoms with Gasteiger partial charge in [0.1, 0.15) is 0 Å². The lowest BCUT2D eigenvalue weighted by Crippen LogP contribution is -2.43. The van der Waals surface area contributed by atoms with E-state index in [1.165, 1.54) is 0 Å². The summed E-state index contributed by atoms with van der Waals surface area (Å²) in [5, 5.41) is 0. The Hall–Kier alpha value is -1.64. The maximum atomic E-state index is 12.3. The van der Waals surface area contributed by atoms with Crippen molar-refractivity contribution in [1.82, 2.24) is 4.90 Å². The average Bonchev–Trinajstić information content (AvgIpc) is 2.38. The highest BCUT2D eigenvalue weighted by atomic mass is 16.2. The van der Waals surface area contributed by atoms with Crippen LogP contribution in [0.1, 0.15) is 41.3 Å². The van der Waals surface area contributed by atoms with Crippen LogP contribution in [0.3, 0.4) is 0 Å². The van der Waals surface area contributed by atoms with Crippen molar-refractivity contribution in [2.45, 2.75) is 33.6 Å². The van der Waals surface area contributed by atoms with Gasteiger partial charge in [-0.1, -0.05) is 24.6 Å². The molecule has 1 heterocycles. The number of carbonyl (C=O) groups is 2. The van der Waals surface area contributed by atoms with Crippen LogP contribution in [0.2, 0.25) is 0 Å². The minimum atomic E-state index is 0.0450. The molecule has 0 aromatic heterocycles. The van der Waals surface area contributed by atoms with Gasteiger partial charge in [-0.15, -0.1) is 0 Å². The predicted molar refractivity (Wildman–Crippen MR) is 75.2 cm³/mol. The number of rotatable bonds is 3. The zero-order valence-electron chi connectivity index (χ0n) is 11.9.